The van der Waals surface area contributed by atoms with Gasteiger partial charge >= 0.3 is 18.2 Å². The summed E-state index contributed by atoms with van der Waals surface area (Å²) in [6.07, 6.45) is -6.04. The van der Waals surface area contributed by atoms with E-state index in [-0.39, 0.29) is 23.1 Å². The number of aryl methyl sites for hydroxylation is 1. The lowest BCUT2D eigenvalue weighted by Crippen LogP contribution is -2.52. The molecule has 4 aromatic carbocycles. The van der Waals surface area contributed by atoms with Gasteiger partial charge in [-0.2, -0.15) is 13.2 Å². The fourth-order valence-electron chi connectivity index (χ4n) is 4.10. The van der Waals surface area contributed by atoms with E-state index in [2.05, 4.69) is 0 Å². The predicted octanol–water partition coefficient (Wildman–Crippen LogP) is 7.14. The molecule has 1 N–H and O–H groups in total. The molecule has 0 radical (unpaired) electrons. The van der Waals surface area contributed by atoms with Gasteiger partial charge in [0, 0.05) is 5.56 Å². The number of nitrogens with one attached hydrogen (secondary N) is 1. The molecule has 41 heavy (non-hydrogen) atoms. The van der Waals surface area contributed by atoms with Gasteiger partial charge in [0.25, 0.3) is 0 Å². The number of hydrogen-bond acceptors (Lipinski definition) is 4. The van der Waals surface area contributed by atoms with Crippen LogP contribution < -0.4 is 15.2 Å². The lowest BCUT2D eigenvalue weighted by molar-refractivity contribution is -0.171. The summed E-state index contributed by atoms with van der Waals surface area (Å²) in [6.45, 7) is 1.68. The summed E-state index contributed by atoms with van der Waals surface area (Å²) >= 11 is 0. The van der Waals surface area contributed by atoms with Gasteiger partial charge in [-0.3, -0.25) is 4.79 Å². The van der Waals surface area contributed by atoms with E-state index in [1.165, 1.54) is 31.4 Å². The van der Waals surface area contributed by atoms with Crippen molar-refractivity contribution < 1.29 is 36.6 Å². The predicted molar refractivity (Wildman–Crippen MR) is 146 cm³/mol. The third-order valence-electron chi connectivity index (χ3n) is 6.28. The monoisotopic (exact) mass is 566 g/mol. The molecule has 10 heteroatoms. The van der Waals surface area contributed by atoms with E-state index in [0.29, 0.717) is 28.9 Å². The van der Waals surface area contributed by atoms with Crippen LogP contribution in [0.2, 0.25) is 0 Å². The molecule has 0 saturated heterocycles. The number of methoxy groups -OCH3 is 1. The Morgan fingerprint density at radius 2 is 1.59 bits per heavy atom. The number of ether oxygens (including phenoxy) is 2. The molecule has 0 spiro atoms. The summed E-state index contributed by atoms with van der Waals surface area (Å²) in [5, 5.41) is 0.111. The number of benzene rings is 4. The zero-order valence-corrected chi connectivity index (χ0v) is 22.2. The zero-order chi connectivity index (χ0) is 29.6. The fourth-order valence-corrected chi connectivity index (χ4v) is 4.10. The van der Waals surface area contributed by atoms with Gasteiger partial charge in [0.2, 0.25) is 0 Å². The number of halogens is 4. The van der Waals surface area contributed by atoms with E-state index in [4.69, 9.17) is 9.47 Å². The second-order valence-electron chi connectivity index (χ2n) is 9.14. The van der Waals surface area contributed by atoms with Crippen LogP contribution in [0.1, 0.15) is 22.3 Å². The highest BCUT2D eigenvalue weighted by Gasteiger charge is 2.44. The maximum atomic E-state index is 14.4. The van der Waals surface area contributed by atoms with Crippen LogP contribution in [0.3, 0.4) is 0 Å². The Morgan fingerprint density at radius 3 is 2.22 bits per heavy atom. The smallest absolute Gasteiger partial charge is 0.473 e. The Kier molecular flexibility index (Phi) is 8.91. The van der Waals surface area contributed by atoms with E-state index >= 15 is 0 Å². The van der Waals surface area contributed by atoms with Gasteiger partial charge in [0.1, 0.15) is 18.2 Å². The first kappa shape index (κ1) is 29.1. The molecule has 212 valence electrons. The number of hydrazine groups is 1. The van der Waals surface area contributed by atoms with Crippen LogP contribution in [0.5, 0.6) is 5.75 Å². The van der Waals surface area contributed by atoms with Crippen LogP contribution in [0, 0.1) is 12.7 Å². The minimum Gasteiger partial charge on any atom is -0.497 e. The van der Waals surface area contributed by atoms with Crippen molar-refractivity contribution in [2.75, 3.05) is 12.1 Å². The van der Waals surface area contributed by atoms with Gasteiger partial charge < -0.3 is 9.47 Å². The van der Waals surface area contributed by atoms with Crippen molar-refractivity contribution in [1.82, 2.24) is 5.43 Å². The summed E-state index contributed by atoms with van der Waals surface area (Å²) < 4.78 is 64.5. The van der Waals surface area contributed by atoms with Gasteiger partial charge in [-0.25, -0.2) is 19.6 Å². The van der Waals surface area contributed by atoms with Gasteiger partial charge in [0.05, 0.1) is 12.8 Å². The van der Waals surface area contributed by atoms with E-state index in [9.17, 15) is 27.2 Å². The second-order valence-corrected chi connectivity index (χ2v) is 9.14. The van der Waals surface area contributed by atoms with Crippen LogP contribution in [-0.4, -0.2) is 25.3 Å². The van der Waals surface area contributed by atoms with E-state index in [1.807, 2.05) is 24.5 Å². The molecule has 0 bridgehead atoms. The molecule has 4 aromatic rings. The molecule has 0 fully saturated rings. The lowest BCUT2D eigenvalue weighted by Gasteiger charge is -2.24. The first-order valence-electron chi connectivity index (χ1n) is 12.5. The number of alkyl halides is 3. The molecule has 6 nitrogen and oxygen atoms in total. The Labute approximate surface area is 234 Å². The molecule has 0 heterocycles. The maximum Gasteiger partial charge on any atom is 0.473 e. The Balaban J connectivity index is 1.49. The quantitative estimate of drug-likeness (QED) is 0.191. The van der Waals surface area contributed by atoms with E-state index in [0.717, 1.165) is 16.7 Å². The molecular weight excluding hydrogens is 540 g/mol. The molecule has 4 rings (SSSR count). The molecule has 0 aliphatic heterocycles. The number of carbonyl (C=O) groups is 2. The molecule has 0 aliphatic carbocycles. The third-order valence-corrected chi connectivity index (χ3v) is 6.28. The second kappa shape index (κ2) is 12.5. The first-order chi connectivity index (χ1) is 19.5. The van der Waals surface area contributed by atoms with E-state index < -0.39 is 18.2 Å². The summed E-state index contributed by atoms with van der Waals surface area (Å²) in [7, 11) is 1.50. The molecule has 0 saturated carbocycles. The van der Waals surface area contributed by atoms with Crippen LogP contribution in [0.25, 0.3) is 11.1 Å². The summed E-state index contributed by atoms with van der Waals surface area (Å²) in [4.78, 5) is 24.3. The average Bonchev–Trinajstić information content (AvgIpc) is 2.96. The van der Waals surface area contributed by atoms with Crippen molar-refractivity contribution in [2.45, 2.75) is 26.1 Å². The average molecular weight is 567 g/mol. The Bertz CT molecular complexity index is 1520. The van der Waals surface area contributed by atoms with Gasteiger partial charge in [-0.1, -0.05) is 60.7 Å². The molecular formula is C31H26F4N2O4. The number of amides is 2. The SMILES string of the molecule is COc1ccc(F)c(-c2ccc(Cc3ccc(N(NC(=O)OCc4ccccc4)C(=O)C(F)(F)F)cc3)c(C)c2)c1. The van der Waals surface area contributed by atoms with Crippen LogP contribution in [0.4, 0.5) is 28.0 Å². The maximum absolute atomic E-state index is 14.4. The zero-order valence-electron chi connectivity index (χ0n) is 22.2. The largest absolute Gasteiger partial charge is 0.497 e. The summed E-state index contributed by atoms with van der Waals surface area (Å²) in [6, 6.07) is 24.2. The highest BCUT2D eigenvalue weighted by Crippen LogP contribution is 2.30. The van der Waals surface area contributed by atoms with Crippen molar-refractivity contribution in [2.24, 2.45) is 0 Å². The Morgan fingerprint density at radius 1 is 0.878 bits per heavy atom. The van der Waals surface area contributed by atoms with Crippen molar-refractivity contribution >= 4 is 17.7 Å². The fraction of sp³-hybridized carbons (Fsp3) is 0.161. The minimum absolute atomic E-state index is 0.111. The standard InChI is InChI=1S/C31H26F4N2O4/c1-20-16-24(27-18-26(40-2)14-15-28(27)32)11-10-23(20)17-21-8-12-25(13-9-21)37(29(38)31(33,34)35)36-30(39)41-19-22-6-4-3-5-7-22/h3-16,18H,17,19H2,1-2H3,(H,36,39). The topological polar surface area (TPSA) is 67.9 Å². The molecule has 0 aromatic heterocycles. The summed E-state index contributed by atoms with van der Waals surface area (Å²) in [5.74, 6) is -2.14. The minimum atomic E-state index is -5.24. The number of carbonyl (C=O) groups excluding carboxylic acids is 2. The molecule has 2 amide bonds. The van der Waals surface area contributed by atoms with Crippen molar-refractivity contribution in [1.29, 1.82) is 0 Å². The molecule has 0 unspecified atom stereocenters. The molecule has 0 aliphatic rings. The van der Waals surface area contributed by atoms with Gasteiger partial charge in [-0.15, -0.1) is 0 Å². The Hall–Kier alpha value is -4.86. The van der Waals surface area contributed by atoms with Crippen molar-refractivity contribution in [3.05, 3.63) is 119 Å². The van der Waals surface area contributed by atoms with Crippen LogP contribution in [-0.2, 0) is 22.6 Å². The van der Waals surface area contributed by atoms with Crippen molar-refractivity contribution in [3.63, 3.8) is 0 Å². The normalized spacial score (nSPS) is 11.1. The van der Waals surface area contributed by atoms with Crippen LogP contribution >= 0.6 is 0 Å². The van der Waals surface area contributed by atoms with Crippen LogP contribution in [0.15, 0.2) is 91.0 Å². The number of anilines is 1. The first-order valence-corrected chi connectivity index (χ1v) is 12.5. The molecule has 0 atom stereocenters. The van der Waals surface area contributed by atoms with Gasteiger partial charge in [0.15, 0.2) is 0 Å². The summed E-state index contributed by atoms with van der Waals surface area (Å²) in [5.41, 5.74) is 5.91. The lowest BCUT2D eigenvalue weighted by atomic mass is 9.95. The van der Waals surface area contributed by atoms with E-state index in [1.54, 1.807) is 54.6 Å². The number of hydrogen-bond donors (Lipinski definition) is 1. The number of rotatable bonds is 7. The number of nitrogens with zero attached hydrogens (tertiary/aromatic N) is 1. The third kappa shape index (κ3) is 7.42. The van der Waals surface area contributed by atoms with Crippen molar-refractivity contribution in [3.8, 4) is 16.9 Å². The van der Waals surface area contributed by atoms with Gasteiger partial charge in [-0.05, 0) is 71.5 Å². The highest BCUT2D eigenvalue weighted by atomic mass is 19.4. The highest BCUT2D eigenvalue weighted by molar-refractivity contribution is 5.98.